The molecule has 35 heavy (non-hydrogen) atoms. The number of amides is 2. The van der Waals surface area contributed by atoms with Gasteiger partial charge in [0.05, 0.1) is 12.2 Å². The summed E-state index contributed by atoms with van der Waals surface area (Å²) in [5, 5.41) is 3.16. The number of nitrogens with zero attached hydrogens (tertiary/aromatic N) is 1. The van der Waals surface area contributed by atoms with Crippen molar-refractivity contribution >= 4 is 11.8 Å². The van der Waals surface area contributed by atoms with Crippen LogP contribution in [0.4, 0.5) is 8.78 Å². The van der Waals surface area contributed by atoms with E-state index >= 15 is 0 Å². The molecule has 1 N–H and O–H groups in total. The normalized spacial score (nSPS) is 18.2. The van der Waals surface area contributed by atoms with Gasteiger partial charge in [0.1, 0.15) is 17.4 Å². The fourth-order valence-corrected chi connectivity index (χ4v) is 4.98. The van der Waals surface area contributed by atoms with Crippen molar-refractivity contribution in [2.24, 2.45) is 5.92 Å². The Kier molecular flexibility index (Phi) is 8.00. The largest absolute Gasteiger partial charge is 0.494 e. The molecule has 0 radical (unpaired) electrons. The van der Waals surface area contributed by atoms with Gasteiger partial charge in [0.2, 0.25) is 5.91 Å². The van der Waals surface area contributed by atoms with Crippen LogP contribution in [0.25, 0.3) is 0 Å². The summed E-state index contributed by atoms with van der Waals surface area (Å²) in [4.78, 5) is 27.2. The van der Waals surface area contributed by atoms with Crippen molar-refractivity contribution in [1.82, 2.24) is 10.2 Å². The Balaban J connectivity index is 1.34. The van der Waals surface area contributed by atoms with Crippen LogP contribution in [-0.4, -0.2) is 56.2 Å². The van der Waals surface area contributed by atoms with Crippen LogP contribution < -0.4 is 10.1 Å². The maximum absolute atomic E-state index is 14.0. The maximum Gasteiger partial charge on any atom is 0.256 e. The molecule has 0 unspecified atom stereocenters. The Labute approximate surface area is 204 Å². The van der Waals surface area contributed by atoms with E-state index in [0.29, 0.717) is 58.4 Å². The summed E-state index contributed by atoms with van der Waals surface area (Å²) in [7, 11) is 0. The van der Waals surface area contributed by atoms with E-state index in [2.05, 4.69) is 17.4 Å². The van der Waals surface area contributed by atoms with Crippen molar-refractivity contribution < 1.29 is 27.8 Å². The summed E-state index contributed by atoms with van der Waals surface area (Å²) in [5.74, 6) is -1.48. The predicted molar refractivity (Wildman–Crippen MR) is 127 cm³/mol. The van der Waals surface area contributed by atoms with Crippen molar-refractivity contribution in [2.45, 2.75) is 38.0 Å². The monoisotopic (exact) mass is 486 g/mol. The lowest BCUT2D eigenvalue weighted by molar-refractivity contribution is -0.126. The maximum atomic E-state index is 14.0. The number of carbonyl (C=O) groups is 2. The van der Waals surface area contributed by atoms with Gasteiger partial charge in [-0.3, -0.25) is 9.59 Å². The molecule has 0 aromatic heterocycles. The quantitative estimate of drug-likeness (QED) is 0.641. The Morgan fingerprint density at radius 3 is 2.40 bits per heavy atom. The van der Waals surface area contributed by atoms with E-state index in [9.17, 15) is 18.4 Å². The van der Waals surface area contributed by atoms with Gasteiger partial charge in [0, 0.05) is 50.2 Å². The van der Waals surface area contributed by atoms with Crippen molar-refractivity contribution in [2.75, 3.05) is 39.5 Å². The molecule has 2 aliphatic rings. The number of benzene rings is 2. The lowest BCUT2D eigenvalue weighted by Gasteiger charge is -2.39. The zero-order valence-electron chi connectivity index (χ0n) is 20.0. The van der Waals surface area contributed by atoms with E-state index in [1.54, 1.807) is 0 Å². The first-order valence-corrected chi connectivity index (χ1v) is 12.2. The molecule has 0 bridgehead atoms. The fraction of sp³-hybridized carbons (Fsp3) is 0.481. The summed E-state index contributed by atoms with van der Waals surface area (Å²) < 4.78 is 38.3. The van der Waals surface area contributed by atoms with Crippen LogP contribution in [0.15, 0.2) is 42.5 Å². The molecule has 6 nitrogen and oxygen atoms in total. The minimum Gasteiger partial charge on any atom is -0.494 e. The van der Waals surface area contributed by atoms with Gasteiger partial charge in [0.15, 0.2) is 0 Å². The first-order valence-electron chi connectivity index (χ1n) is 12.2. The molecule has 2 aliphatic heterocycles. The van der Waals surface area contributed by atoms with E-state index in [-0.39, 0.29) is 22.8 Å². The average Bonchev–Trinajstić information content (AvgIpc) is 2.88. The van der Waals surface area contributed by atoms with Gasteiger partial charge in [-0.05, 0) is 62.4 Å². The highest BCUT2D eigenvalue weighted by atomic mass is 19.1. The van der Waals surface area contributed by atoms with Gasteiger partial charge >= 0.3 is 0 Å². The number of nitrogens with one attached hydrogen (secondary N) is 1. The molecule has 188 valence electrons. The molecule has 2 amide bonds. The van der Waals surface area contributed by atoms with Gasteiger partial charge in [0.25, 0.3) is 5.91 Å². The number of halogens is 2. The van der Waals surface area contributed by atoms with Crippen LogP contribution in [0.5, 0.6) is 5.75 Å². The van der Waals surface area contributed by atoms with Crippen molar-refractivity contribution in [3.8, 4) is 5.75 Å². The second-order valence-electron chi connectivity index (χ2n) is 9.26. The van der Waals surface area contributed by atoms with Crippen LogP contribution in [0.3, 0.4) is 0 Å². The molecule has 2 aromatic rings. The smallest absolute Gasteiger partial charge is 0.256 e. The van der Waals surface area contributed by atoms with E-state index in [1.165, 1.54) is 11.0 Å². The van der Waals surface area contributed by atoms with Gasteiger partial charge in [-0.1, -0.05) is 12.1 Å². The third kappa shape index (κ3) is 5.81. The lowest BCUT2D eigenvalue weighted by Crippen LogP contribution is -2.48. The Hall–Kier alpha value is -3.00. The SMILES string of the molecule is CCOc1ccc(C2(CNC(=O)C3CCN(C(=O)c4ccc(F)cc4F)CC3)CCOCC2)cc1. The zero-order valence-corrected chi connectivity index (χ0v) is 20.0. The summed E-state index contributed by atoms with van der Waals surface area (Å²) in [6, 6.07) is 11.0. The highest BCUT2D eigenvalue weighted by Gasteiger charge is 2.36. The minimum absolute atomic E-state index is 0.0261. The number of piperidine rings is 1. The summed E-state index contributed by atoms with van der Waals surface area (Å²) in [5.41, 5.74) is 0.813. The molecule has 0 saturated carbocycles. The highest BCUT2D eigenvalue weighted by molar-refractivity contribution is 5.94. The zero-order chi connectivity index (χ0) is 24.8. The highest BCUT2D eigenvalue weighted by Crippen LogP contribution is 2.35. The first kappa shape index (κ1) is 25.1. The van der Waals surface area contributed by atoms with Crippen LogP contribution >= 0.6 is 0 Å². The third-order valence-corrected chi connectivity index (χ3v) is 7.14. The van der Waals surface area contributed by atoms with Crippen LogP contribution in [-0.2, 0) is 14.9 Å². The van der Waals surface area contributed by atoms with Crippen molar-refractivity contribution in [1.29, 1.82) is 0 Å². The topological polar surface area (TPSA) is 67.9 Å². The third-order valence-electron chi connectivity index (χ3n) is 7.14. The molecule has 2 saturated heterocycles. The van der Waals surface area contributed by atoms with E-state index in [4.69, 9.17) is 9.47 Å². The molecule has 2 fully saturated rings. The molecule has 4 rings (SSSR count). The van der Waals surface area contributed by atoms with Gasteiger partial charge in [-0.15, -0.1) is 0 Å². The second-order valence-corrected chi connectivity index (χ2v) is 9.26. The summed E-state index contributed by atoms with van der Waals surface area (Å²) in [6.07, 6.45) is 2.63. The van der Waals surface area contributed by atoms with Crippen molar-refractivity contribution in [3.63, 3.8) is 0 Å². The molecule has 0 aliphatic carbocycles. The Bertz CT molecular complexity index is 1030. The number of hydrogen-bond donors (Lipinski definition) is 1. The van der Waals surface area contributed by atoms with Crippen LogP contribution in [0.2, 0.25) is 0 Å². The van der Waals surface area contributed by atoms with Crippen molar-refractivity contribution in [3.05, 3.63) is 65.2 Å². The van der Waals surface area contributed by atoms with Gasteiger partial charge < -0.3 is 19.7 Å². The second kappa shape index (κ2) is 11.2. The minimum atomic E-state index is -0.870. The number of likely N-dealkylation sites (tertiary alicyclic amines) is 1. The molecule has 0 spiro atoms. The van der Waals surface area contributed by atoms with Crippen LogP contribution in [0, 0.1) is 17.6 Å². The molecule has 2 aromatic carbocycles. The molecule has 8 heteroatoms. The van der Waals surface area contributed by atoms with Crippen LogP contribution in [0.1, 0.15) is 48.5 Å². The Morgan fingerprint density at radius 2 is 1.77 bits per heavy atom. The van der Waals surface area contributed by atoms with Gasteiger partial charge in [-0.2, -0.15) is 0 Å². The van der Waals surface area contributed by atoms with E-state index in [0.717, 1.165) is 30.2 Å². The standard InChI is InChI=1S/C27H32F2N2O4/c1-2-35-22-6-3-20(4-7-22)27(11-15-34-16-12-27)18-30-25(32)19-9-13-31(14-10-19)26(33)23-8-5-21(28)17-24(23)29/h3-8,17,19H,2,9-16,18H2,1H3,(H,30,32). The number of ether oxygens (including phenoxy) is 2. The molecular formula is C27H32F2N2O4. The number of carbonyl (C=O) groups excluding carboxylic acids is 2. The summed E-state index contributed by atoms with van der Waals surface area (Å²) >= 11 is 0. The predicted octanol–water partition coefficient (Wildman–Crippen LogP) is 4.08. The average molecular weight is 487 g/mol. The number of hydrogen-bond acceptors (Lipinski definition) is 4. The first-order chi connectivity index (χ1) is 16.9. The number of rotatable bonds is 7. The molecule has 2 heterocycles. The summed E-state index contributed by atoms with van der Waals surface area (Å²) in [6.45, 7) is 5.07. The lowest BCUT2D eigenvalue weighted by atomic mass is 9.74. The van der Waals surface area contributed by atoms with Gasteiger partial charge in [-0.25, -0.2) is 8.78 Å². The molecular weight excluding hydrogens is 454 g/mol. The molecule has 0 atom stereocenters. The Morgan fingerprint density at radius 1 is 1.09 bits per heavy atom. The van der Waals surface area contributed by atoms with E-state index in [1.807, 2.05) is 19.1 Å². The van der Waals surface area contributed by atoms with E-state index < -0.39 is 17.5 Å². The fourth-order valence-electron chi connectivity index (χ4n) is 4.98.